The van der Waals surface area contributed by atoms with Gasteiger partial charge in [0.25, 0.3) is 0 Å². The van der Waals surface area contributed by atoms with Gasteiger partial charge in [0.2, 0.25) is 0 Å². The minimum Gasteiger partial charge on any atom is -0.472 e. The lowest BCUT2D eigenvalue weighted by Crippen LogP contribution is -2.52. The second kappa shape index (κ2) is 4.97. The van der Waals surface area contributed by atoms with Crippen molar-refractivity contribution in [2.75, 3.05) is 0 Å². The molecule has 0 aliphatic heterocycles. The molecule has 1 atom stereocenters. The van der Waals surface area contributed by atoms with Crippen LogP contribution in [0.2, 0.25) is 0 Å². The summed E-state index contributed by atoms with van der Waals surface area (Å²) in [4.78, 5) is 25.0. The summed E-state index contributed by atoms with van der Waals surface area (Å²) in [5.74, 6) is 1.81. The third-order valence-corrected chi connectivity index (χ3v) is 5.97. The van der Waals surface area contributed by atoms with E-state index >= 15 is 0 Å². The van der Waals surface area contributed by atoms with Crippen molar-refractivity contribution in [1.29, 1.82) is 0 Å². The molecule has 0 saturated heterocycles. The predicted molar refractivity (Wildman–Crippen MR) is 79.2 cm³/mol. The van der Waals surface area contributed by atoms with E-state index in [1.165, 1.54) is 31.8 Å². The van der Waals surface area contributed by atoms with Gasteiger partial charge in [-0.25, -0.2) is 4.79 Å². The fourth-order valence-corrected chi connectivity index (χ4v) is 5.51. The molecule has 5 rings (SSSR count). The van der Waals surface area contributed by atoms with Gasteiger partial charge in [0.15, 0.2) is 11.9 Å². The maximum atomic E-state index is 13.0. The molecule has 4 nitrogen and oxygen atoms in total. The molecule has 4 aliphatic rings. The lowest BCUT2D eigenvalue weighted by Gasteiger charge is -2.56. The van der Waals surface area contributed by atoms with Crippen molar-refractivity contribution in [3.63, 3.8) is 0 Å². The van der Waals surface area contributed by atoms with Crippen LogP contribution < -0.4 is 0 Å². The van der Waals surface area contributed by atoms with Gasteiger partial charge in [-0.3, -0.25) is 4.79 Å². The summed E-state index contributed by atoms with van der Waals surface area (Å²) in [6, 6.07) is 1.56. The van der Waals surface area contributed by atoms with Gasteiger partial charge in [-0.1, -0.05) is 0 Å². The highest BCUT2D eigenvalue weighted by atomic mass is 16.5. The molecule has 4 aliphatic carbocycles. The molecule has 22 heavy (non-hydrogen) atoms. The Kier molecular flexibility index (Phi) is 3.17. The van der Waals surface area contributed by atoms with Crippen molar-refractivity contribution < 1.29 is 18.7 Å². The first-order valence-corrected chi connectivity index (χ1v) is 8.33. The number of rotatable bonds is 4. The standard InChI is InChI=1S/C18H22O4/c1-11(22-17(20)15-2-3-21-10-15)16(19)18-7-12-4-13(8-18)6-14(5-12)9-18/h2-3,10-14H,4-9H2,1H3. The van der Waals surface area contributed by atoms with Gasteiger partial charge in [-0.05, 0) is 69.3 Å². The van der Waals surface area contributed by atoms with Crippen molar-refractivity contribution in [2.45, 2.75) is 51.6 Å². The Labute approximate surface area is 130 Å². The molecule has 4 fully saturated rings. The van der Waals surface area contributed by atoms with Crippen LogP contribution in [-0.4, -0.2) is 17.9 Å². The molecule has 1 aromatic rings. The Morgan fingerprint density at radius 2 is 1.77 bits per heavy atom. The van der Waals surface area contributed by atoms with Crippen LogP contribution in [0.15, 0.2) is 23.0 Å². The summed E-state index contributed by atoms with van der Waals surface area (Å²) in [5, 5.41) is 0. The number of carbonyl (C=O) groups excluding carboxylic acids is 2. The van der Waals surface area contributed by atoms with E-state index in [1.54, 1.807) is 13.0 Å². The van der Waals surface area contributed by atoms with Crippen LogP contribution in [0.4, 0.5) is 0 Å². The molecule has 118 valence electrons. The zero-order valence-corrected chi connectivity index (χ0v) is 12.9. The second-order valence-corrected chi connectivity index (χ2v) is 7.62. The number of carbonyl (C=O) groups is 2. The predicted octanol–water partition coefficient (Wildman–Crippen LogP) is 3.61. The molecule has 1 heterocycles. The van der Waals surface area contributed by atoms with Crippen molar-refractivity contribution in [1.82, 2.24) is 0 Å². The highest BCUT2D eigenvalue weighted by Gasteiger charge is 2.55. The number of hydrogen-bond donors (Lipinski definition) is 0. The summed E-state index contributed by atoms with van der Waals surface area (Å²) in [7, 11) is 0. The summed E-state index contributed by atoms with van der Waals surface area (Å²) >= 11 is 0. The Balaban J connectivity index is 1.48. The first kappa shape index (κ1) is 14.0. The normalized spacial score (nSPS) is 37.0. The molecule has 0 spiro atoms. The van der Waals surface area contributed by atoms with Crippen molar-refractivity contribution in [3.05, 3.63) is 24.2 Å². The number of ether oxygens (including phenoxy) is 1. The zero-order valence-electron chi connectivity index (χ0n) is 12.9. The SMILES string of the molecule is CC(OC(=O)c1ccoc1)C(=O)C12CC3CC(CC(C3)C1)C2. The number of furan rings is 1. The van der Waals surface area contributed by atoms with Crippen LogP contribution >= 0.6 is 0 Å². The smallest absolute Gasteiger partial charge is 0.342 e. The summed E-state index contributed by atoms with van der Waals surface area (Å²) in [5.41, 5.74) is 0.148. The van der Waals surface area contributed by atoms with Crippen LogP contribution in [0.3, 0.4) is 0 Å². The Morgan fingerprint density at radius 3 is 2.27 bits per heavy atom. The van der Waals surface area contributed by atoms with E-state index in [9.17, 15) is 9.59 Å². The van der Waals surface area contributed by atoms with Gasteiger partial charge >= 0.3 is 5.97 Å². The molecule has 1 aromatic heterocycles. The Bertz CT molecular complexity index is 551. The molecule has 1 unspecified atom stereocenters. The first-order valence-electron chi connectivity index (χ1n) is 8.33. The average molecular weight is 302 g/mol. The van der Waals surface area contributed by atoms with Crippen molar-refractivity contribution in [3.8, 4) is 0 Å². The molecule has 0 N–H and O–H groups in total. The first-order chi connectivity index (χ1) is 10.6. The Morgan fingerprint density at radius 1 is 1.18 bits per heavy atom. The fraction of sp³-hybridized carbons (Fsp3) is 0.667. The molecule has 4 bridgehead atoms. The third kappa shape index (κ3) is 2.20. The van der Waals surface area contributed by atoms with Crippen LogP contribution in [-0.2, 0) is 9.53 Å². The summed E-state index contributed by atoms with van der Waals surface area (Å²) in [6.07, 6.45) is 9.04. The molecular weight excluding hydrogens is 280 g/mol. The van der Waals surface area contributed by atoms with Crippen LogP contribution in [0.1, 0.15) is 55.8 Å². The van der Waals surface area contributed by atoms with Gasteiger partial charge < -0.3 is 9.15 Å². The summed E-state index contributed by atoms with van der Waals surface area (Å²) < 4.78 is 10.3. The number of esters is 1. The third-order valence-electron chi connectivity index (χ3n) is 5.97. The van der Waals surface area contributed by atoms with E-state index < -0.39 is 12.1 Å². The van der Waals surface area contributed by atoms with Crippen molar-refractivity contribution in [2.24, 2.45) is 23.2 Å². The quantitative estimate of drug-likeness (QED) is 0.797. The van der Waals surface area contributed by atoms with Gasteiger partial charge in [0.1, 0.15) is 6.26 Å². The van der Waals surface area contributed by atoms with Crippen molar-refractivity contribution >= 4 is 11.8 Å². The topological polar surface area (TPSA) is 56.5 Å². The highest BCUT2D eigenvalue weighted by molar-refractivity contribution is 5.94. The lowest BCUT2D eigenvalue weighted by atomic mass is 9.48. The Hall–Kier alpha value is -1.58. The maximum Gasteiger partial charge on any atom is 0.342 e. The largest absolute Gasteiger partial charge is 0.472 e. The summed E-state index contributed by atoms with van der Waals surface area (Å²) in [6.45, 7) is 1.72. The number of ketones is 1. The monoisotopic (exact) mass is 302 g/mol. The fourth-order valence-electron chi connectivity index (χ4n) is 5.51. The van der Waals surface area contributed by atoms with Crippen LogP contribution in [0, 0.1) is 23.2 Å². The van der Waals surface area contributed by atoms with Crippen LogP contribution in [0.25, 0.3) is 0 Å². The minimum atomic E-state index is -0.668. The van der Waals surface area contributed by atoms with E-state index in [1.807, 2.05) is 0 Å². The molecule has 0 aromatic carbocycles. The van der Waals surface area contributed by atoms with Gasteiger partial charge in [0.05, 0.1) is 11.8 Å². The van der Waals surface area contributed by atoms with E-state index in [0.717, 1.165) is 19.3 Å². The van der Waals surface area contributed by atoms with E-state index in [4.69, 9.17) is 9.15 Å². The van der Waals surface area contributed by atoms with E-state index in [0.29, 0.717) is 23.3 Å². The lowest BCUT2D eigenvalue weighted by molar-refractivity contribution is -0.152. The zero-order chi connectivity index (χ0) is 15.3. The average Bonchev–Trinajstić information content (AvgIpc) is 2.99. The van der Waals surface area contributed by atoms with E-state index in [-0.39, 0.29) is 11.2 Å². The number of Topliss-reactive ketones (excluding diaryl/α,β-unsaturated/α-hetero) is 1. The molecule has 4 saturated carbocycles. The van der Waals surface area contributed by atoms with Gasteiger partial charge in [-0.15, -0.1) is 0 Å². The highest BCUT2D eigenvalue weighted by Crippen LogP contribution is 2.60. The van der Waals surface area contributed by atoms with E-state index in [2.05, 4.69) is 0 Å². The minimum absolute atomic E-state index is 0.142. The van der Waals surface area contributed by atoms with Gasteiger partial charge in [-0.2, -0.15) is 0 Å². The maximum absolute atomic E-state index is 13.0. The molecule has 4 heteroatoms. The molecule has 0 amide bonds. The second-order valence-electron chi connectivity index (χ2n) is 7.62. The van der Waals surface area contributed by atoms with Gasteiger partial charge in [0, 0.05) is 5.41 Å². The molecular formula is C18H22O4. The number of hydrogen-bond acceptors (Lipinski definition) is 4. The van der Waals surface area contributed by atoms with Crippen LogP contribution in [0.5, 0.6) is 0 Å². The molecule has 0 radical (unpaired) electrons.